The van der Waals surface area contributed by atoms with Crippen molar-refractivity contribution in [1.82, 2.24) is 0 Å². The molecular weight excluding hydrogens is 258 g/mol. The molecule has 2 rings (SSSR count). The molecular formula is C15H23NO2S. The second-order valence-corrected chi connectivity index (χ2v) is 7.68. The summed E-state index contributed by atoms with van der Waals surface area (Å²) in [5.41, 5.74) is 9.77. The highest BCUT2D eigenvalue weighted by Gasteiger charge is 2.19. The second kappa shape index (κ2) is 6.06. The van der Waals surface area contributed by atoms with E-state index in [1.165, 1.54) is 17.5 Å². The average Bonchev–Trinajstić information content (AvgIpc) is 2.83. The van der Waals surface area contributed by atoms with Crippen molar-refractivity contribution in [2.75, 3.05) is 11.5 Å². The maximum Gasteiger partial charge on any atom is 0.152 e. The van der Waals surface area contributed by atoms with Gasteiger partial charge in [0.2, 0.25) is 0 Å². The number of fused-ring (bicyclic) bond motifs is 1. The van der Waals surface area contributed by atoms with Crippen molar-refractivity contribution >= 4 is 9.84 Å². The van der Waals surface area contributed by atoms with Crippen LogP contribution in [0.15, 0.2) is 18.2 Å². The van der Waals surface area contributed by atoms with Gasteiger partial charge in [-0.05, 0) is 42.4 Å². The Labute approximate surface area is 116 Å². The molecule has 1 aromatic rings. The fraction of sp³-hybridized carbons (Fsp3) is 0.600. The molecule has 0 radical (unpaired) electrons. The summed E-state index contributed by atoms with van der Waals surface area (Å²) in [7, 11) is -3.03. The Balaban J connectivity index is 2.06. The Morgan fingerprint density at radius 2 is 2.00 bits per heavy atom. The van der Waals surface area contributed by atoms with Crippen molar-refractivity contribution in [2.24, 2.45) is 5.73 Å². The summed E-state index contributed by atoms with van der Waals surface area (Å²) in [6.07, 6.45) is 5.05. The van der Waals surface area contributed by atoms with Gasteiger partial charge in [0.25, 0.3) is 0 Å². The van der Waals surface area contributed by atoms with Crippen LogP contribution < -0.4 is 5.73 Å². The molecule has 0 amide bonds. The summed E-state index contributed by atoms with van der Waals surface area (Å²) in [5.74, 6) is 0.313. The topological polar surface area (TPSA) is 60.2 Å². The van der Waals surface area contributed by atoms with E-state index >= 15 is 0 Å². The number of aryl methyl sites for hydroxylation is 2. The number of hydrogen-bond donors (Lipinski definition) is 1. The molecule has 0 saturated carbocycles. The molecule has 2 N–H and O–H groups in total. The van der Waals surface area contributed by atoms with Crippen LogP contribution in [-0.2, 0) is 22.7 Å². The molecule has 4 heteroatoms. The Hall–Kier alpha value is -0.870. The number of rotatable bonds is 6. The van der Waals surface area contributed by atoms with Crippen LogP contribution in [-0.4, -0.2) is 19.9 Å². The van der Waals surface area contributed by atoms with Crippen LogP contribution in [0.2, 0.25) is 0 Å². The molecule has 106 valence electrons. The summed E-state index contributed by atoms with van der Waals surface area (Å²) in [5, 5.41) is 0. The molecule has 1 aromatic carbocycles. The molecule has 0 aliphatic heterocycles. The quantitative estimate of drug-likeness (QED) is 0.871. The van der Waals surface area contributed by atoms with Crippen LogP contribution in [0.25, 0.3) is 0 Å². The zero-order valence-electron chi connectivity index (χ0n) is 11.6. The van der Waals surface area contributed by atoms with Crippen molar-refractivity contribution in [1.29, 1.82) is 0 Å². The average molecular weight is 281 g/mol. The summed E-state index contributed by atoms with van der Waals surface area (Å²) >= 11 is 0. The number of sulfone groups is 1. The minimum Gasteiger partial charge on any atom is -0.323 e. The van der Waals surface area contributed by atoms with Gasteiger partial charge >= 0.3 is 0 Å². The van der Waals surface area contributed by atoms with Gasteiger partial charge in [-0.25, -0.2) is 8.42 Å². The van der Waals surface area contributed by atoms with Crippen molar-refractivity contribution in [3.8, 4) is 0 Å². The zero-order chi connectivity index (χ0) is 13.9. The van der Waals surface area contributed by atoms with Crippen molar-refractivity contribution < 1.29 is 8.42 Å². The summed E-state index contributed by atoms with van der Waals surface area (Å²) < 4.78 is 23.9. The lowest BCUT2D eigenvalue weighted by atomic mass is 10.0. The Bertz CT molecular complexity index is 537. The van der Waals surface area contributed by atoms with Crippen LogP contribution >= 0.6 is 0 Å². The van der Waals surface area contributed by atoms with E-state index in [0.29, 0.717) is 0 Å². The SMILES string of the molecule is CCCCS(=O)(=O)CC(N)c1ccc2c(c1)CCC2. The first-order valence-electron chi connectivity index (χ1n) is 7.09. The van der Waals surface area contributed by atoms with E-state index in [2.05, 4.69) is 12.1 Å². The van der Waals surface area contributed by atoms with Crippen LogP contribution in [0.3, 0.4) is 0 Å². The monoisotopic (exact) mass is 281 g/mol. The first-order valence-corrected chi connectivity index (χ1v) is 8.91. The van der Waals surface area contributed by atoms with Crippen molar-refractivity contribution in [3.63, 3.8) is 0 Å². The summed E-state index contributed by atoms with van der Waals surface area (Å²) in [6, 6.07) is 5.80. The van der Waals surface area contributed by atoms with Crippen LogP contribution in [0.4, 0.5) is 0 Å². The highest BCUT2D eigenvalue weighted by atomic mass is 32.2. The van der Waals surface area contributed by atoms with Crippen LogP contribution in [0.5, 0.6) is 0 Å². The third-order valence-corrected chi connectivity index (χ3v) is 5.57. The van der Waals surface area contributed by atoms with Crippen LogP contribution in [0, 0.1) is 0 Å². The van der Waals surface area contributed by atoms with E-state index in [4.69, 9.17) is 5.73 Å². The van der Waals surface area contributed by atoms with E-state index in [0.717, 1.165) is 31.2 Å². The van der Waals surface area contributed by atoms with Gasteiger partial charge in [0.15, 0.2) is 9.84 Å². The van der Waals surface area contributed by atoms with Crippen LogP contribution in [0.1, 0.15) is 48.9 Å². The molecule has 0 fully saturated rings. The molecule has 1 atom stereocenters. The third kappa shape index (κ3) is 3.80. The molecule has 3 nitrogen and oxygen atoms in total. The summed E-state index contributed by atoms with van der Waals surface area (Å²) in [4.78, 5) is 0. The minimum atomic E-state index is -3.03. The smallest absolute Gasteiger partial charge is 0.152 e. The molecule has 0 bridgehead atoms. The van der Waals surface area contributed by atoms with E-state index in [-0.39, 0.29) is 11.5 Å². The van der Waals surface area contributed by atoms with E-state index in [9.17, 15) is 8.42 Å². The predicted octanol–water partition coefficient (Wildman–Crippen LogP) is 2.39. The molecule has 0 saturated heterocycles. The predicted molar refractivity (Wildman–Crippen MR) is 79.0 cm³/mol. The maximum absolute atomic E-state index is 11.9. The van der Waals surface area contributed by atoms with Gasteiger partial charge in [0, 0.05) is 6.04 Å². The van der Waals surface area contributed by atoms with Crippen molar-refractivity contribution in [2.45, 2.75) is 45.1 Å². The Morgan fingerprint density at radius 3 is 2.74 bits per heavy atom. The molecule has 0 aromatic heterocycles. The zero-order valence-corrected chi connectivity index (χ0v) is 12.4. The number of nitrogens with two attached hydrogens (primary N) is 1. The van der Waals surface area contributed by atoms with Gasteiger partial charge in [-0.1, -0.05) is 31.5 Å². The molecule has 0 spiro atoms. The standard InChI is InChI=1S/C15H23NO2S/c1-2-3-9-19(17,18)11-15(16)14-8-7-12-5-4-6-13(12)10-14/h7-8,10,15H,2-6,9,11,16H2,1H3. The van der Waals surface area contributed by atoms with Gasteiger partial charge in [0.1, 0.15) is 0 Å². The maximum atomic E-state index is 11.9. The third-order valence-electron chi connectivity index (χ3n) is 3.79. The molecule has 19 heavy (non-hydrogen) atoms. The van der Waals surface area contributed by atoms with E-state index < -0.39 is 15.9 Å². The van der Waals surface area contributed by atoms with Crippen molar-refractivity contribution in [3.05, 3.63) is 34.9 Å². The lowest BCUT2D eigenvalue weighted by molar-refractivity contribution is 0.585. The van der Waals surface area contributed by atoms with Gasteiger partial charge in [-0.15, -0.1) is 0 Å². The number of benzene rings is 1. The van der Waals surface area contributed by atoms with Gasteiger partial charge in [0.05, 0.1) is 11.5 Å². The van der Waals surface area contributed by atoms with Gasteiger partial charge in [-0.3, -0.25) is 0 Å². The highest BCUT2D eigenvalue weighted by molar-refractivity contribution is 7.91. The molecule has 1 aliphatic rings. The largest absolute Gasteiger partial charge is 0.323 e. The Kier molecular flexibility index (Phi) is 4.63. The fourth-order valence-electron chi connectivity index (χ4n) is 2.64. The first kappa shape index (κ1) is 14.5. The van der Waals surface area contributed by atoms with E-state index in [1.54, 1.807) is 0 Å². The van der Waals surface area contributed by atoms with Gasteiger partial charge < -0.3 is 5.73 Å². The van der Waals surface area contributed by atoms with Gasteiger partial charge in [-0.2, -0.15) is 0 Å². The normalized spacial score (nSPS) is 16.3. The lowest BCUT2D eigenvalue weighted by Crippen LogP contribution is -2.23. The first-order chi connectivity index (χ1) is 9.02. The lowest BCUT2D eigenvalue weighted by Gasteiger charge is -2.14. The fourth-order valence-corrected chi connectivity index (χ4v) is 4.27. The molecule has 1 aliphatic carbocycles. The number of hydrogen-bond acceptors (Lipinski definition) is 3. The summed E-state index contributed by atoms with van der Waals surface area (Å²) in [6.45, 7) is 2.00. The van der Waals surface area contributed by atoms with E-state index in [1.807, 2.05) is 13.0 Å². The minimum absolute atomic E-state index is 0.0613. The molecule has 0 heterocycles. The molecule has 1 unspecified atom stereocenters. The second-order valence-electron chi connectivity index (χ2n) is 5.46. The Morgan fingerprint density at radius 1 is 1.26 bits per heavy atom. The number of unbranched alkanes of at least 4 members (excludes halogenated alkanes) is 1. The highest BCUT2D eigenvalue weighted by Crippen LogP contribution is 2.25.